The largest absolute Gasteiger partial charge is 0.241 e. The maximum Gasteiger partial charge on any atom is 0.0992 e. The predicted molar refractivity (Wildman–Crippen MR) is 61.7 cm³/mol. The summed E-state index contributed by atoms with van der Waals surface area (Å²) in [5.74, 6) is 2.85. The van der Waals surface area contributed by atoms with Gasteiger partial charge in [0.15, 0.2) is 0 Å². The quantitative estimate of drug-likeness (QED) is 0.637. The molecular formula is C11H12N2S. The molecule has 0 unspecified atom stereocenters. The number of hydrogen-bond donors (Lipinski definition) is 0. The van der Waals surface area contributed by atoms with Gasteiger partial charge in [-0.15, -0.1) is 11.3 Å². The molecule has 0 saturated heterocycles. The molecule has 0 aromatic carbocycles. The molecule has 3 heteroatoms. The first-order valence-corrected chi connectivity index (χ1v) is 5.35. The van der Waals surface area contributed by atoms with Gasteiger partial charge >= 0.3 is 0 Å². The van der Waals surface area contributed by atoms with Gasteiger partial charge in [0.25, 0.3) is 0 Å². The molecule has 0 spiro atoms. The Morgan fingerprint density at radius 2 is 2.14 bits per heavy atom. The molecule has 2 rings (SSSR count). The summed E-state index contributed by atoms with van der Waals surface area (Å²) in [5, 5.41) is 1.16. The van der Waals surface area contributed by atoms with Crippen LogP contribution in [0.2, 0.25) is 0 Å². The minimum Gasteiger partial charge on any atom is -0.241 e. The summed E-state index contributed by atoms with van der Waals surface area (Å²) >= 11 is 1.72. The van der Waals surface area contributed by atoms with E-state index in [-0.39, 0.29) is 5.41 Å². The average Bonchev–Trinajstić information content (AvgIpc) is 2.38. The van der Waals surface area contributed by atoms with Crippen LogP contribution in [0.4, 0.5) is 0 Å². The molecule has 72 valence electrons. The zero-order valence-electron chi connectivity index (χ0n) is 8.53. The highest BCUT2D eigenvalue weighted by atomic mass is 32.1. The molecule has 1 aromatic rings. The van der Waals surface area contributed by atoms with Gasteiger partial charge < -0.3 is 0 Å². The molecule has 0 saturated carbocycles. The first-order valence-electron chi connectivity index (χ1n) is 4.54. The van der Waals surface area contributed by atoms with Crippen LogP contribution in [-0.2, 0) is 5.41 Å². The Morgan fingerprint density at radius 1 is 1.36 bits per heavy atom. The van der Waals surface area contributed by atoms with Crippen LogP contribution in [0.1, 0.15) is 36.3 Å². The van der Waals surface area contributed by atoms with Crippen molar-refractivity contribution in [1.82, 2.24) is 4.98 Å². The summed E-state index contributed by atoms with van der Waals surface area (Å²) in [6, 6.07) is 0. The van der Waals surface area contributed by atoms with Crippen molar-refractivity contribution in [3.63, 3.8) is 0 Å². The van der Waals surface area contributed by atoms with Crippen LogP contribution in [-0.4, -0.2) is 10.9 Å². The van der Waals surface area contributed by atoms with Crippen LogP contribution in [0, 0.1) is 0 Å². The highest BCUT2D eigenvalue weighted by Crippen LogP contribution is 2.30. The number of rotatable bonds is 0. The highest BCUT2D eigenvalue weighted by molar-refractivity contribution is 7.13. The molecule has 1 aromatic heterocycles. The van der Waals surface area contributed by atoms with E-state index in [0.29, 0.717) is 0 Å². The zero-order chi connectivity index (χ0) is 10.2. The molecule has 1 aliphatic heterocycles. The molecule has 0 atom stereocenters. The van der Waals surface area contributed by atoms with Crippen LogP contribution < -0.4 is 0 Å². The molecule has 0 bridgehead atoms. The first-order chi connectivity index (χ1) is 6.57. The topological polar surface area (TPSA) is 25.2 Å². The van der Waals surface area contributed by atoms with E-state index in [1.165, 1.54) is 0 Å². The molecule has 0 radical (unpaired) electrons. The number of thiazole rings is 1. The van der Waals surface area contributed by atoms with Crippen molar-refractivity contribution in [1.29, 1.82) is 0 Å². The lowest BCUT2D eigenvalue weighted by molar-refractivity contribution is 0.585. The molecule has 2 heterocycles. The van der Waals surface area contributed by atoms with Crippen LogP contribution in [0.3, 0.4) is 0 Å². The third-order valence-corrected chi connectivity index (χ3v) is 3.34. The maximum absolute atomic E-state index is 4.58. The molecule has 1 aliphatic rings. The third-order valence-electron chi connectivity index (χ3n) is 1.90. The summed E-state index contributed by atoms with van der Waals surface area (Å²) in [6.07, 6.45) is 5.55. The average molecular weight is 204 g/mol. The van der Waals surface area contributed by atoms with Crippen molar-refractivity contribution >= 4 is 29.4 Å². The smallest absolute Gasteiger partial charge is 0.0992 e. The van der Waals surface area contributed by atoms with Crippen molar-refractivity contribution in [2.24, 2.45) is 4.99 Å². The molecule has 2 nitrogen and oxygen atoms in total. The van der Waals surface area contributed by atoms with Gasteiger partial charge in [-0.25, -0.2) is 9.98 Å². The Bertz CT molecular complexity index is 440. The second-order valence-corrected chi connectivity index (χ2v) is 5.27. The summed E-state index contributed by atoms with van der Waals surface area (Å²) in [4.78, 5) is 9.66. The van der Waals surface area contributed by atoms with E-state index in [1.807, 2.05) is 12.2 Å². The Labute approximate surface area is 87.7 Å². The molecule has 0 fully saturated rings. The van der Waals surface area contributed by atoms with Crippen molar-refractivity contribution in [3.05, 3.63) is 21.8 Å². The molecule has 0 aliphatic carbocycles. The van der Waals surface area contributed by atoms with Crippen molar-refractivity contribution in [2.45, 2.75) is 26.2 Å². The van der Waals surface area contributed by atoms with E-state index in [9.17, 15) is 0 Å². The van der Waals surface area contributed by atoms with E-state index in [4.69, 9.17) is 0 Å². The standard InChI is InChI=1S/C11H12N2S/c1-11(2,3)10-13-8-4-6-12-7-5-9(8)14-10/h4-6H,1-3H3. The van der Waals surface area contributed by atoms with Crippen LogP contribution >= 0.6 is 11.3 Å². The van der Waals surface area contributed by atoms with Gasteiger partial charge in [-0.05, 0) is 11.9 Å². The number of aliphatic imine (C=N–C) groups is 1. The van der Waals surface area contributed by atoms with E-state index >= 15 is 0 Å². The Balaban J connectivity index is 2.53. The zero-order valence-corrected chi connectivity index (χ0v) is 9.35. The van der Waals surface area contributed by atoms with Crippen molar-refractivity contribution < 1.29 is 0 Å². The van der Waals surface area contributed by atoms with Gasteiger partial charge in [-0.3, -0.25) is 0 Å². The van der Waals surface area contributed by atoms with Crippen LogP contribution in [0.25, 0.3) is 12.2 Å². The summed E-state index contributed by atoms with van der Waals surface area (Å²) < 4.78 is 0. The maximum atomic E-state index is 4.58. The Kier molecular flexibility index (Phi) is 2.14. The van der Waals surface area contributed by atoms with Gasteiger partial charge in [0.2, 0.25) is 0 Å². The highest BCUT2D eigenvalue weighted by Gasteiger charge is 2.20. The van der Waals surface area contributed by atoms with Crippen molar-refractivity contribution in [3.8, 4) is 0 Å². The van der Waals surface area contributed by atoms with E-state index in [1.54, 1.807) is 17.5 Å². The molecule has 0 N–H and O–H groups in total. The molecular weight excluding hydrogens is 192 g/mol. The normalized spacial score (nSPS) is 14.2. The van der Waals surface area contributed by atoms with Gasteiger partial charge in [-0.2, -0.15) is 0 Å². The Morgan fingerprint density at radius 3 is 2.86 bits per heavy atom. The van der Waals surface area contributed by atoms with E-state index < -0.39 is 0 Å². The summed E-state index contributed by atoms with van der Waals surface area (Å²) in [6.45, 7) is 6.52. The Hall–Kier alpha value is -1.18. The minimum atomic E-state index is 0.121. The lowest BCUT2D eigenvalue weighted by atomic mass is 9.98. The SMILES string of the molecule is CC(C)(C)c1nc2c(s1)C=C=NC=C2. The summed E-state index contributed by atoms with van der Waals surface area (Å²) in [5.41, 5.74) is 1.13. The lowest BCUT2D eigenvalue weighted by Crippen LogP contribution is -2.10. The predicted octanol–water partition coefficient (Wildman–Crippen LogP) is 3.11. The lowest BCUT2D eigenvalue weighted by Gasteiger charge is -2.13. The van der Waals surface area contributed by atoms with Gasteiger partial charge in [0, 0.05) is 17.7 Å². The van der Waals surface area contributed by atoms with Crippen LogP contribution in [0.5, 0.6) is 0 Å². The number of fused-ring (bicyclic) bond motifs is 1. The first kappa shape index (κ1) is 9.38. The number of aromatic nitrogens is 1. The van der Waals surface area contributed by atoms with Gasteiger partial charge in [-0.1, -0.05) is 20.8 Å². The van der Waals surface area contributed by atoms with Crippen LogP contribution in [0.15, 0.2) is 11.2 Å². The molecule has 14 heavy (non-hydrogen) atoms. The van der Waals surface area contributed by atoms with Gasteiger partial charge in [0.05, 0.1) is 15.6 Å². The molecule has 0 amide bonds. The van der Waals surface area contributed by atoms with Crippen molar-refractivity contribution in [2.75, 3.05) is 0 Å². The monoisotopic (exact) mass is 204 g/mol. The fraction of sp³-hybridized carbons (Fsp3) is 0.364. The minimum absolute atomic E-state index is 0.121. The van der Waals surface area contributed by atoms with E-state index in [0.717, 1.165) is 15.6 Å². The number of hydrogen-bond acceptors (Lipinski definition) is 3. The fourth-order valence-corrected chi connectivity index (χ4v) is 2.12. The van der Waals surface area contributed by atoms with Gasteiger partial charge in [0.1, 0.15) is 0 Å². The third kappa shape index (κ3) is 1.69. The van der Waals surface area contributed by atoms with E-state index in [2.05, 4.69) is 36.6 Å². The fourth-order valence-electron chi connectivity index (χ4n) is 1.13. The second-order valence-electron chi connectivity index (χ2n) is 4.24. The second kappa shape index (κ2) is 3.19. The summed E-state index contributed by atoms with van der Waals surface area (Å²) in [7, 11) is 0. The number of nitrogens with zero attached hydrogens (tertiary/aromatic N) is 2.